The van der Waals surface area contributed by atoms with E-state index < -0.39 is 10.0 Å². The van der Waals surface area contributed by atoms with Gasteiger partial charge in [0.25, 0.3) is 10.0 Å². The van der Waals surface area contributed by atoms with Gasteiger partial charge in [-0.2, -0.15) is 0 Å². The van der Waals surface area contributed by atoms with E-state index in [4.69, 9.17) is 11.6 Å². The predicted molar refractivity (Wildman–Crippen MR) is 96.2 cm³/mol. The lowest BCUT2D eigenvalue weighted by Gasteiger charge is -2.09. The standard InChI is InChI=1S/C17H13ClFN3O2S/c18-12-2-1-3-16(10-12)25(23,24)22-17-9-8-15(11-20-17)21-14-6-4-13(19)5-7-14/h1-11,21H,(H,20,22). The zero-order valence-electron chi connectivity index (χ0n) is 12.8. The molecule has 8 heteroatoms. The summed E-state index contributed by atoms with van der Waals surface area (Å²) in [5.74, 6) is -0.154. The third kappa shape index (κ3) is 4.46. The van der Waals surface area contributed by atoms with Crippen molar-refractivity contribution in [3.8, 4) is 0 Å². The van der Waals surface area contributed by atoms with Gasteiger partial charge in [0.15, 0.2) is 0 Å². The van der Waals surface area contributed by atoms with Gasteiger partial charge in [-0.3, -0.25) is 4.72 Å². The number of hydrogen-bond donors (Lipinski definition) is 2. The number of rotatable bonds is 5. The molecule has 3 aromatic rings. The van der Waals surface area contributed by atoms with Gasteiger partial charge in [0.05, 0.1) is 16.8 Å². The Balaban J connectivity index is 1.73. The number of pyridine rings is 1. The molecule has 0 atom stereocenters. The lowest BCUT2D eigenvalue weighted by atomic mass is 10.3. The highest BCUT2D eigenvalue weighted by Crippen LogP contribution is 2.20. The Morgan fingerprint density at radius 3 is 2.32 bits per heavy atom. The summed E-state index contributed by atoms with van der Waals surface area (Å²) in [6, 6.07) is 15.0. The Morgan fingerprint density at radius 1 is 0.960 bits per heavy atom. The second kappa shape index (κ2) is 7.08. The lowest BCUT2D eigenvalue weighted by Crippen LogP contribution is -2.13. The van der Waals surface area contributed by atoms with Gasteiger partial charge in [-0.15, -0.1) is 0 Å². The van der Waals surface area contributed by atoms with Gasteiger partial charge in [-0.05, 0) is 54.6 Å². The first-order valence-electron chi connectivity index (χ1n) is 7.19. The van der Waals surface area contributed by atoms with Gasteiger partial charge in [0.2, 0.25) is 0 Å². The molecule has 0 spiro atoms. The topological polar surface area (TPSA) is 71.1 Å². The summed E-state index contributed by atoms with van der Waals surface area (Å²) in [7, 11) is -3.77. The minimum absolute atomic E-state index is 0.0512. The molecule has 0 radical (unpaired) electrons. The van der Waals surface area contributed by atoms with Gasteiger partial charge in [0, 0.05) is 10.7 Å². The first-order chi connectivity index (χ1) is 11.9. The number of nitrogens with zero attached hydrogens (tertiary/aromatic N) is 1. The first kappa shape index (κ1) is 17.2. The Bertz CT molecular complexity index is 978. The highest BCUT2D eigenvalue weighted by atomic mass is 35.5. The minimum Gasteiger partial charge on any atom is -0.354 e. The van der Waals surface area contributed by atoms with Crippen molar-refractivity contribution in [2.45, 2.75) is 4.90 Å². The van der Waals surface area contributed by atoms with Crippen LogP contribution in [0.25, 0.3) is 0 Å². The van der Waals surface area contributed by atoms with Crippen LogP contribution in [0.3, 0.4) is 0 Å². The number of nitrogens with one attached hydrogen (secondary N) is 2. The summed E-state index contributed by atoms with van der Waals surface area (Å²) in [6.07, 6.45) is 1.47. The van der Waals surface area contributed by atoms with E-state index in [2.05, 4.69) is 15.0 Å². The molecule has 2 aromatic carbocycles. The molecule has 0 fully saturated rings. The van der Waals surface area contributed by atoms with E-state index in [-0.39, 0.29) is 16.5 Å². The van der Waals surface area contributed by atoms with Crippen LogP contribution in [-0.4, -0.2) is 13.4 Å². The normalized spacial score (nSPS) is 11.1. The SMILES string of the molecule is O=S(=O)(Nc1ccc(Nc2ccc(F)cc2)cn1)c1cccc(Cl)c1. The molecule has 0 amide bonds. The van der Waals surface area contributed by atoms with E-state index in [1.54, 1.807) is 30.3 Å². The Morgan fingerprint density at radius 2 is 1.68 bits per heavy atom. The van der Waals surface area contributed by atoms with Crippen LogP contribution in [0.4, 0.5) is 21.6 Å². The van der Waals surface area contributed by atoms with Crippen molar-refractivity contribution >= 4 is 38.8 Å². The van der Waals surface area contributed by atoms with E-state index in [1.807, 2.05) is 0 Å². The van der Waals surface area contributed by atoms with E-state index in [0.29, 0.717) is 16.4 Å². The molecule has 0 aliphatic heterocycles. The Labute approximate surface area is 149 Å². The van der Waals surface area contributed by atoms with Crippen molar-refractivity contribution in [2.75, 3.05) is 10.0 Å². The first-order valence-corrected chi connectivity index (χ1v) is 9.05. The molecule has 0 bridgehead atoms. The zero-order chi connectivity index (χ0) is 17.9. The van der Waals surface area contributed by atoms with Crippen LogP contribution < -0.4 is 10.0 Å². The molecule has 3 rings (SSSR count). The molecule has 1 aromatic heterocycles. The lowest BCUT2D eigenvalue weighted by molar-refractivity contribution is 0.601. The highest BCUT2D eigenvalue weighted by molar-refractivity contribution is 7.92. The quantitative estimate of drug-likeness (QED) is 0.690. The maximum Gasteiger partial charge on any atom is 0.263 e. The van der Waals surface area contributed by atoms with Gasteiger partial charge in [-0.1, -0.05) is 17.7 Å². The van der Waals surface area contributed by atoms with Crippen LogP contribution >= 0.6 is 11.6 Å². The minimum atomic E-state index is -3.77. The van der Waals surface area contributed by atoms with Crippen molar-refractivity contribution in [1.29, 1.82) is 0 Å². The van der Waals surface area contributed by atoms with Crippen LogP contribution in [0.5, 0.6) is 0 Å². The molecule has 0 unspecified atom stereocenters. The predicted octanol–water partition coefficient (Wildman–Crippen LogP) is 4.42. The molecule has 0 aliphatic carbocycles. The number of hydrogen-bond acceptors (Lipinski definition) is 4. The van der Waals surface area contributed by atoms with Crippen molar-refractivity contribution in [3.05, 3.63) is 77.7 Å². The Hall–Kier alpha value is -2.64. The molecule has 0 saturated heterocycles. The van der Waals surface area contributed by atoms with Crippen LogP contribution in [0.15, 0.2) is 71.8 Å². The van der Waals surface area contributed by atoms with Crippen molar-refractivity contribution in [2.24, 2.45) is 0 Å². The van der Waals surface area contributed by atoms with Crippen molar-refractivity contribution in [1.82, 2.24) is 4.98 Å². The zero-order valence-corrected chi connectivity index (χ0v) is 14.4. The van der Waals surface area contributed by atoms with E-state index in [9.17, 15) is 12.8 Å². The summed E-state index contributed by atoms with van der Waals surface area (Å²) in [5.41, 5.74) is 1.33. The van der Waals surface area contributed by atoms with Crippen LogP contribution in [0, 0.1) is 5.82 Å². The second-order valence-electron chi connectivity index (χ2n) is 5.13. The van der Waals surface area contributed by atoms with E-state index in [0.717, 1.165) is 0 Å². The van der Waals surface area contributed by atoms with Crippen LogP contribution in [0.1, 0.15) is 0 Å². The summed E-state index contributed by atoms with van der Waals surface area (Å²) < 4.78 is 39.9. The fraction of sp³-hybridized carbons (Fsp3) is 0. The third-order valence-electron chi connectivity index (χ3n) is 3.24. The number of sulfonamides is 1. The van der Waals surface area contributed by atoms with Gasteiger partial charge in [-0.25, -0.2) is 17.8 Å². The second-order valence-corrected chi connectivity index (χ2v) is 7.25. The molecule has 2 N–H and O–H groups in total. The van der Waals surface area contributed by atoms with Gasteiger partial charge in [0.1, 0.15) is 11.6 Å². The highest BCUT2D eigenvalue weighted by Gasteiger charge is 2.15. The summed E-state index contributed by atoms with van der Waals surface area (Å²) in [5, 5.41) is 3.36. The molecule has 128 valence electrons. The summed E-state index contributed by atoms with van der Waals surface area (Å²) in [6.45, 7) is 0. The summed E-state index contributed by atoms with van der Waals surface area (Å²) in [4.78, 5) is 4.12. The van der Waals surface area contributed by atoms with Crippen LogP contribution in [0.2, 0.25) is 5.02 Å². The number of aromatic nitrogens is 1. The maximum atomic E-state index is 12.9. The number of benzene rings is 2. The van der Waals surface area contributed by atoms with Gasteiger partial charge >= 0.3 is 0 Å². The molecule has 25 heavy (non-hydrogen) atoms. The monoisotopic (exact) mass is 377 g/mol. The fourth-order valence-electron chi connectivity index (χ4n) is 2.06. The molecule has 1 heterocycles. The molecular formula is C17H13ClFN3O2S. The molecular weight excluding hydrogens is 365 g/mol. The fourth-order valence-corrected chi connectivity index (χ4v) is 3.37. The Kier molecular flexibility index (Phi) is 4.87. The number of anilines is 3. The van der Waals surface area contributed by atoms with Gasteiger partial charge < -0.3 is 5.32 Å². The van der Waals surface area contributed by atoms with E-state index in [1.165, 1.54) is 36.5 Å². The van der Waals surface area contributed by atoms with Crippen molar-refractivity contribution in [3.63, 3.8) is 0 Å². The molecule has 0 saturated carbocycles. The smallest absolute Gasteiger partial charge is 0.263 e. The third-order valence-corrected chi connectivity index (χ3v) is 4.83. The maximum absolute atomic E-state index is 12.9. The average molecular weight is 378 g/mol. The number of halogens is 2. The van der Waals surface area contributed by atoms with E-state index >= 15 is 0 Å². The largest absolute Gasteiger partial charge is 0.354 e. The van der Waals surface area contributed by atoms with Crippen molar-refractivity contribution < 1.29 is 12.8 Å². The average Bonchev–Trinajstić information content (AvgIpc) is 2.58. The molecule has 0 aliphatic rings. The molecule has 5 nitrogen and oxygen atoms in total. The summed E-state index contributed by atoms with van der Waals surface area (Å²) >= 11 is 5.82. The van der Waals surface area contributed by atoms with Crippen LogP contribution in [-0.2, 0) is 10.0 Å².